The molecule has 0 atom stereocenters. The lowest BCUT2D eigenvalue weighted by molar-refractivity contribution is -0.118. The molecule has 0 aliphatic heterocycles. The van der Waals surface area contributed by atoms with Gasteiger partial charge in [-0.25, -0.2) is 0 Å². The smallest absolute Gasteiger partial charge is 0.262 e. The molecular weight excluding hydrogens is 354 g/mol. The van der Waals surface area contributed by atoms with Gasteiger partial charge in [0.15, 0.2) is 6.61 Å². The molecule has 4 heteroatoms. The predicted octanol–water partition coefficient (Wildman–Crippen LogP) is 5.21. The van der Waals surface area contributed by atoms with Crippen molar-refractivity contribution >= 4 is 27.5 Å². The van der Waals surface area contributed by atoms with Crippen LogP contribution in [0, 0.1) is 13.8 Å². The molecule has 0 heterocycles. The highest BCUT2D eigenvalue weighted by Gasteiger charge is 2.12. The van der Waals surface area contributed by atoms with Crippen LogP contribution in [0.4, 0.5) is 5.69 Å². The summed E-state index contributed by atoms with van der Waals surface area (Å²) in [6, 6.07) is 11.7. The van der Waals surface area contributed by atoms with Gasteiger partial charge >= 0.3 is 0 Å². The molecular formula is C19H22BrNO2. The largest absolute Gasteiger partial charge is 0.483 e. The molecule has 1 amide bonds. The number of amides is 1. The Bertz CT molecular complexity index is 693. The topological polar surface area (TPSA) is 38.3 Å². The number of rotatable bonds is 5. The van der Waals surface area contributed by atoms with E-state index in [9.17, 15) is 4.79 Å². The van der Waals surface area contributed by atoms with Crippen LogP contribution in [0.5, 0.6) is 5.75 Å². The minimum absolute atomic E-state index is 0.00529. The summed E-state index contributed by atoms with van der Waals surface area (Å²) in [7, 11) is 0. The Kier molecular flexibility index (Phi) is 5.83. The average Bonchev–Trinajstić information content (AvgIpc) is 2.50. The third-order valence-electron chi connectivity index (χ3n) is 3.61. The quantitative estimate of drug-likeness (QED) is 0.778. The Hall–Kier alpha value is -1.81. The average molecular weight is 376 g/mol. The number of carbonyl (C=O) groups is 1. The van der Waals surface area contributed by atoms with E-state index in [2.05, 4.69) is 41.2 Å². The summed E-state index contributed by atoms with van der Waals surface area (Å²) in [6.45, 7) is 8.23. The SMILES string of the molecule is Cc1ccc(NC(=O)COc2cc(C)c(Br)cc2C(C)C)cc1. The fourth-order valence-electron chi connectivity index (χ4n) is 2.22. The lowest BCUT2D eigenvalue weighted by Gasteiger charge is -2.16. The van der Waals surface area contributed by atoms with Crippen LogP contribution in [0.1, 0.15) is 36.5 Å². The highest BCUT2D eigenvalue weighted by Crippen LogP contribution is 2.32. The van der Waals surface area contributed by atoms with Gasteiger partial charge in [0.1, 0.15) is 5.75 Å². The first-order valence-corrected chi connectivity index (χ1v) is 8.45. The fraction of sp³-hybridized carbons (Fsp3) is 0.316. The van der Waals surface area contributed by atoms with Gasteiger partial charge in [0.25, 0.3) is 5.91 Å². The van der Waals surface area contributed by atoms with Crippen molar-refractivity contribution < 1.29 is 9.53 Å². The summed E-state index contributed by atoms with van der Waals surface area (Å²) < 4.78 is 6.81. The molecule has 0 aliphatic carbocycles. The van der Waals surface area contributed by atoms with E-state index in [0.29, 0.717) is 5.92 Å². The van der Waals surface area contributed by atoms with E-state index in [4.69, 9.17) is 4.74 Å². The van der Waals surface area contributed by atoms with Crippen molar-refractivity contribution in [1.82, 2.24) is 0 Å². The van der Waals surface area contributed by atoms with Crippen LogP contribution < -0.4 is 10.1 Å². The van der Waals surface area contributed by atoms with Gasteiger partial charge in [-0.05, 0) is 55.2 Å². The second-order valence-electron chi connectivity index (χ2n) is 6.00. The molecule has 0 unspecified atom stereocenters. The molecule has 0 saturated heterocycles. The monoisotopic (exact) mass is 375 g/mol. The van der Waals surface area contributed by atoms with E-state index in [-0.39, 0.29) is 12.5 Å². The number of benzene rings is 2. The lowest BCUT2D eigenvalue weighted by atomic mass is 10.0. The fourth-order valence-corrected chi connectivity index (χ4v) is 2.58. The first-order valence-electron chi connectivity index (χ1n) is 7.66. The van der Waals surface area contributed by atoms with Crippen LogP contribution in [0.15, 0.2) is 40.9 Å². The van der Waals surface area contributed by atoms with Gasteiger partial charge < -0.3 is 10.1 Å². The lowest BCUT2D eigenvalue weighted by Crippen LogP contribution is -2.20. The van der Waals surface area contributed by atoms with Gasteiger partial charge in [-0.1, -0.05) is 47.5 Å². The third kappa shape index (κ3) is 4.83. The van der Waals surface area contributed by atoms with E-state index in [1.807, 2.05) is 44.2 Å². The minimum Gasteiger partial charge on any atom is -0.483 e. The molecule has 0 bridgehead atoms. The number of anilines is 1. The Balaban J connectivity index is 2.04. The van der Waals surface area contributed by atoms with Crippen LogP contribution in [0.25, 0.3) is 0 Å². The zero-order chi connectivity index (χ0) is 17.0. The first kappa shape index (κ1) is 17.5. The molecule has 0 aromatic heterocycles. The Morgan fingerprint density at radius 1 is 1.17 bits per heavy atom. The van der Waals surface area contributed by atoms with E-state index in [1.165, 1.54) is 0 Å². The molecule has 3 nitrogen and oxygen atoms in total. The second kappa shape index (κ2) is 7.64. The zero-order valence-corrected chi connectivity index (χ0v) is 15.5. The maximum Gasteiger partial charge on any atom is 0.262 e. The van der Waals surface area contributed by atoms with Crippen molar-refractivity contribution in [3.8, 4) is 5.75 Å². The van der Waals surface area contributed by atoms with Gasteiger partial charge in [-0.2, -0.15) is 0 Å². The molecule has 0 fully saturated rings. The highest BCUT2D eigenvalue weighted by molar-refractivity contribution is 9.10. The number of hydrogen-bond donors (Lipinski definition) is 1. The highest BCUT2D eigenvalue weighted by atomic mass is 79.9. The van der Waals surface area contributed by atoms with Crippen LogP contribution >= 0.6 is 15.9 Å². The Morgan fingerprint density at radius 2 is 1.83 bits per heavy atom. The second-order valence-corrected chi connectivity index (χ2v) is 6.85. The molecule has 2 rings (SSSR count). The summed E-state index contributed by atoms with van der Waals surface area (Å²) in [4.78, 5) is 12.1. The molecule has 0 radical (unpaired) electrons. The van der Waals surface area contributed by atoms with Gasteiger partial charge in [0, 0.05) is 10.2 Å². The zero-order valence-electron chi connectivity index (χ0n) is 13.9. The van der Waals surface area contributed by atoms with Crippen molar-refractivity contribution in [1.29, 1.82) is 0 Å². The van der Waals surface area contributed by atoms with E-state index >= 15 is 0 Å². The summed E-state index contributed by atoms with van der Waals surface area (Å²) in [5.74, 6) is 0.922. The summed E-state index contributed by atoms with van der Waals surface area (Å²) in [6.07, 6.45) is 0. The molecule has 1 N–H and O–H groups in total. The minimum atomic E-state index is -0.163. The number of aryl methyl sites for hydroxylation is 2. The van der Waals surface area contributed by atoms with Crippen molar-refractivity contribution in [3.05, 3.63) is 57.6 Å². The molecule has 0 spiro atoms. The summed E-state index contributed by atoms with van der Waals surface area (Å²) in [5, 5.41) is 2.84. The maximum atomic E-state index is 12.1. The number of ether oxygens (including phenoxy) is 1. The number of nitrogens with one attached hydrogen (secondary N) is 1. The summed E-state index contributed by atoms with van der Waals surface area (Å²) in [5.41, 5.74) is 4.11. The molecule has 23 heavy (non-hydrogen) atoms. The van der Waals surface area contributed by atoms with Gasteiger partial charge in [-0.3, -0.25) is 4.79 Å². The number of carbonyl (C=O) groups excluding carboxylic acids is 1. The molecule has 122 valence electrons. The third-order valence-corrected chi connectivity index (χ3v) is 4.46. The van der Waals surface area contributed by atoms with Gasteiger partial charge in [-0.15, -0.1) is 0 Å². The molecule has 0 saturated carbocycles. The maximum absolute atomic E-state index is 12.1. The van der Waals surface area contributed by atoms with E-state index in [0.717, 1.165) is 32.6 Å². The number of hydrogen-bond acceptors (Lipinski definition) is 2. The van der Waals surface area contributed by atoms with Gasteiger partial charge in [0.2, 0.25) is 0 Å². The molecule has 2 aromatic carbocycles. The van der Waals surface area contributed by atoms with Crippen molar-refractivity contribution in [2.75, 3.05) is 11.9 Å². The first-order chi connectivity index (χ1) is 10.9. The van der Waals surface area contributed by atoms with Crippen molar-refractivity contribution in [3.63, 3.8) is 0 Å². The van der Waals surface area contributed by atoms with Crippen LogP contribution in [0.2, 0.25) is 0 Å². The predicted molar refractivity (Wildman–Crippen MR) is 98.3 cm³/mol. The number of halogens is 1. The standard InChI is InChI=1S/C19H22BrNO2/c1-12(2)16-10-17(20)14(4)9-18(16)23-11-19(22)21-15-7-5-13(3)6-8-15/h5-10,12H,11H2,1-4H3,(H,21,22). The van der Waals surface area contributed by atoms with Crippen LogP contribution in [-0.2, 0) is 4.79 Å². The van der Waals surface area contributed by atoms with E-state index in [1.54, 1.807) is 0 Å². The van der Waals surface area contributed by atoms with Gasteiger partial charge in [0.05, 0.1) is 0 Å². The van der Waals surface area contributed by atoms with Crippen LogP contribution in [-0.4, -0.2) is 12.5 Å². The van der Waals surface area contributed by atoms with Crippen LogP contribution in [0.3, 0.4) is 0 Å². The molecule has 0 aliphatic rings. The Morgan fingerprint density at radius 3 is 2.43 bits per heavy atom. The van der Waals surface area contributed by atoms with Crippen molar-refractivity contribution in [2.24, 2.45) is 0 Å². The van der Waals surface area contributed by atoms with E-state index < -0.39 is 0 Å². The van der Waals surface area contributed by atoms with Crippen molar-refractivity contribution in [2.45, 2.75) is 33.6 Å². The summed E-state index contributed by atoms with van der Waals surface area (Å²) >= 11 is 3.54. The normalized spacial score (nSPS) is 10.7. The molecule has 2 aromatic rings. The Labute approximate surface area is 146 Å².